The molecule has 1 fully saturated rings. The lowest BCUT2D eigenvalue weighted by Crippen LogP contribution is -2.27. The van der Waals surface area contributed by atoms with Gasteiger partial charge in [-0.05, 0) is 18.6 Å². The fourth-order valence-corrected chi connectivity index (χ4v) is 4.15. The van der Waals surface area contributed by atoms with Gasteiger partial charge in [0.2, 0.25) is 0 Å². The van der Waals surface area contributed by atoms with E-state index in [9.17, 15) is 9.59 Å². The lowest BCUT2D eigenvalue weighted by atomic mass is 10.2. The summed E-state index contributed by atoms with van der Waals surface area (Å²) in [7, 11) is 1.29. The van der Waals surface area contributed by atoms with Crippen LogP contribution in [-0.2, 0) is 16.1 Å². The first kappa shape index (κ1) is 16.6. The van der Waals surface area contributed by atoms with Crippen LogP contribution in [0.5, 0.6) is 0 Å². The van der Waals surface area contributed by atoms with Crippen molar-refractivity contribution < 1.29 is 9.53 Å². The van der Waals surface area contributed by atoms with Crippen molar-refractivity contribution in [2.24, 2.45) is 5.92 Å². The topological polar surface area (TPSA) is 61.2 Å². The first-order valence-electron chi connectivity index (χ1n) is 6.99. The normalized spacial score (nSPS) is 18.8. The number of hydrogen-bond acceptors (Lipinski definition) is 5. The van der Waals surface area contributed by atoms with Crippen LogP contribution >= 0.6 is 35.0 Å². The van der Waals surface area contributed by atoms with E-state index in [4.69, 9.17) is 23.2 Å². The van der Waals surface area contributed by atoms with Crippen LogP contribution in [0.4, 0.5) is 0 Å². The number of alkyl halides is 2. The highest BCUT2D eigenvalue weighted by molar-refractivity contribution is 7.99. The van der Waals surface area contributed by atoms with E-state index < -0.39 is 10.3 Å². The van der Waals surface area contributed by atoms with Gasteiger partial charge in [0.1, 0.15) is 10.9 Å². The van der Waals surface area contributed by atoms with Gasteiger partial charge in [0.25, 0.3) is 5.56 Å². The number of carbonyl (C=O) groups excluding carboxylic acids is 1. The Morgan fingerprint density at radius 2 is 2.17 bits per heavy atom. The average molecular weight is 373 g/mol. The minimum atomic E-state index is -0.683. The second-order valence-corrected chi connectivity index (χ2v) is 7.88. The highest BCUT2D eigenvalue weighted by atomic mass is 35.5. The van der Waals surface area contributed by atoms with Gasteiger partial charge in [0.05, 0.1) is 18.0 Å². The zero-order valence-electron chi connectivity index (χ0n) is 12.3. The van der Waals surface area contributed by atoms with Crippen LogP contribution in [-0.4, -0.2) is 32.7 Å². The molecule has 1 atom stereocenters. The summed E-state index contributed by atoms with van der Waals surface area (Å²) in [6.07, 6.45) is 0.720. The van der Waals surface area contributed by atoms with Crippen molar-refractivity contribution in [1.29, 1.82) is 0 Å². The van der Waals surface area contributed by atoms with Gasteiger partial charge in [0.15, 0.2) is 5.16 Å². The Labute approximate surface area is 146 Å². The van der Waals surface area contributed by atoms with Crippen molar-refractivity contribution in [2.45, 2.75) is 22.5 Å². The Kier molecular flexibility index (Phi) is 4.58. The molecule has 23 heavy (non-hydrogen) atoms. The van der Waals surface area contributed by atoms with Gasteiger partial charge in [-0.3, -0.25) is 14.2 Å². The van der Waals surface area contributed by atoms with Crippen molar-refractivity contribution in [3.63, 3.8) is 0 Å². The van der Waals surface area contributed by atoms with E-state index in [2.05, 4.69) is 9.72 Å². The van der Waals surface area contributed by atoms with Gasteiger partial charge >= 0.3 is 5.97 Å². The molecule has 2 aromatic rings. The number of carbonyl (C=O) groups is 1. The molecule has 1 aliphatic carbocycles. The molecule has 1 aromatic heterocycles. The molecule has 8 heteroatoms. The van der Waals surface area contributed by atoms with Crippen LogP contribution in [0.25, 0.3) is 10.9 Å². The monoisotopic (exact) mass is 372 g/mol. The summed E-state index contributed by atoms with van der Waals surface area (Å²) in [6.45, 7) is -0.174. The third-order valence-electron chi connectivity index (χ3n) is 3.71. The number of hydrogen-bond donors (Lipinski definition) is 0. The molecule has 0 unspecified atom stereocenters. The molecular weight excluding hydrogens is 359 g/mol. The third kappa shape index (κ3) is 3.49. The van der Waals surface area contributed by atoms with E-state index in [1.165, 1.54) is 23.4 Å². The quantitative estimate of drug-likeness (QED) is 0.349. The average Bonchev–Trinajstić information content (AvgIpc) is 3.15. The second-order valence-electron chi connectivity index (χ2n) is 5.35. The van der Waals surface area contributed by atoms with Crippen LogP contribution in [0, 0.1) is 5.92 Å². The summed E-state index contributed by atoms with van der Waals surface area (Å²) >= 11 is 13.4. The number of benzene rings is 1. The number of esters is 1. The fourth-order valence-electron chi connectivity index (χ4n) is 2.22. The molecule has 0 radical (unpaired) electrons. The minimum Gasteiger partial charge on any atom is -0.468 e. The SMILES string of the molecule is COC(=O)Cn1c(SC[C@@H]2CC2(Cl)Cl)nc2ccccc2c1=O. The first-order chi connectivity index (χ1) is 10.9. The number of para-hydroxylation sites is 1. The fraction of sp³-hybridized carbons (Fsp3) is 0.400. The Hall–Kier alpha value is -1.24. The van der Waals surface area contributed by atoms with Gasteiger partial charge < -0.3 is 4.74 Å². The number of fused-ring (bicyclic) bond motifs is 1. The van der Waals surface area contributed by atoms with Gasteiger partial charge in [-0.2, -0.15) is 0 Å². The number of nitrogens with zero attached hydrogens (tertiary/aromatic N) is 2. The maximum Gasteiger partial charge on any atom is 0.325 e. The van der Waals surface area contributed by atoms with E-state index in [0.717, 1.165) is 6.42 Å². The van der Waals surface area contributed by atoms with Crippen molar-refractivity contribution >= 4 is 51.8 Å². The van der Waals surface area contributed by atoms with Crippen molar-refractivity contribution in [1.82, 2.24) is 9.55 Å². The maximum atomic E-state index is 12.6. The molecule has 0 N–H and O–H groups in total. The highest BCUT2D eigenvalue weighted by Gasteiger charge is 2.51. The van der Waals surface area contributed by atoms with Crippen molar-refractivity contribution in [3.05, 3.63) is 34.6 Å². The molecule has 0 aliphatic heterocycles. The minimum absolute atomic E-state index is 0.158. The lowest BCUT2D eigenvalue weighted by Gasteiger charge is -2.12. The molecule has 1 heterocycles. The van der Waals surface area contributed by atoms with Gasteiger partial charge in [-0.25, -0.2) is 4.98 Å². The van der Waals surface area contributed by atoms with Crippen LogP contribution in [0.15, 0.2) is 34.2 Å². The van der Waals surface area contributed by atoms with E-state index in [1.54, 1.807) is 18.2 Å². The molecule has 0 bridgehead atoms. The summed E-state index contributed by atoms with van der Waals surface area (Å²) in [6, 6.07) is 7.04. The lowest BCUT2D eigenvalue weighted by molar-refractivity contribution is -0.141. The van der Waals surface area contributed by atoms with Crippen LogP contribution in [0.2, 0.25) is 0 Å². The molecule has 0 amide bonds. The zero-order valence-corrected chi connectivity index (χ0v) is 14.6. The van der Waals surface area contributed by atoms with E-state index in [1.807, 2.05) is 6.07 Å². The Bertz CT molecular complexity index is 822. The number of methoxy groups -OCH3 is 1. The second kappa shape index (κ2) is 6.34. The molecule has 1 aliphatic rings. The van der Waals surface area contributed by atoms with Crippen LogP contribution in [0.3, 0.4) is 0 Å². The Balaban J connectivity index is 1.97. The molecule has 1 aromatic carbocycles. The van der Waals surface area contributed by atoms with E-state index in [-0.39, 0.29) is 18.0 Å². The van der Waals surface area contributed by atoms with Crippen molar-refractivity contribution in [2.75, 3.05) is 12.9 Å². The van der Waals surface area contributed by atoms with E-state index in [0.29, 0.717) is 21.8 Å². The third-order valence-corrected chi connectivity index (χ3v) is 5.78. The summed E-state index contributed by atoms with van der Waals surface area (Å²) in [4.78, 5) is 28.8. The number of ether oxygens (including phenoxy) is 1. The molecule has 5 nitrogen and oxygen atoms in total. The summed E-state index contributed by atoms with van der Waals surface area (Å²) in [5.74, 6) is 0.297. The summed E-state index contributed by atoms with van der Waals surface area (Å²) < 4.78 is 5.32. The number of halogens is 2. The van der Waals surface area contributed by atoms with Crippen molar-refractivity contribution in [3.8, 4) is 0 Å². The highest BCUT2D eigenvalue weighted by Crippen LogP contribution is 2.54. The summed E-state index contributed by atoms with van der Waals surface area (Å²) in [5, 5.41) is 0.936. The maximum absolute atomic E-state index is 12.6. The zero-order chi connectivity index (χ0) is 16.6. The number of thioether (sulfide) groups is 1. The Morgan fingerprint density at radius 3 is 2.83 bits per heavy atom. The van der Waals surface area contributed by atoms with Gasteiger partial charge in [-0.15, -0.1) is 23.2 Å². The standard InChI is InChI=1S/C15H14Cl2N2O3S/c1-22-12(20)7-19-13(21)10-4-2-3-5-11(10)18-14(19)23-8-9-6-15(9,16)17/h2-5,9H,6-8H2,1H3/t9-/m0/s1. The molecule has 0 spiro atoms. The van der Waals surface area contributed by atoms with Crippen LogP contribution in [0.1, 0.15) is 6.42 Å². The van der Waals surface area contributed by atoms with E-state index >= 15 is 0 Å². The molecular formula is C15H14Cl2N2O3S. The summed E-state index contributed by atoms with van der Waals surface area (Å²) in [5.41, 5.74) is 0.335. The number of rotatable bonds is 5. The van der Waals surface area contributed by atoms with Crippen LogP contribution < -0.4 is 5.56 Å². The predicted molar refractivity (Wildman–Crippen MR) is 91.3 cm³/mol. The van der Waals surface area contributed by atoms with Gasteiger partial charge in [0, 0.05) is 11.7 Å². The predicted octanol–water partition coefficient (Wildman–Crippen LogP) is 2.86. The smallest absolute Gasteiger partial charge is 0.325 e. The first-order valence-corrected chi connectivity index (χ1v) is 8.73. The largest absolute Gasteiger partial charge is 0.468 e. The number of aromatic nitrogens is 2. The molecule has 122 valence electrons. The Morgan fingerprint density at radius 1 is 1.48 bits per heavy atom. The molecule has 3 rings (SSSR count). The molecule has 1 saturated carbocycles. The van der Waals surface area contributed by atoms with Gasteiger partial charge in [-0.1, -0.05) is 23.9 Å². The molecule has 0 saturated heterocycles.